The van der Waals surface area contributed by atoms with Crippen LogP contribution in [0.25, 0.3) is 0 Å². The molecule has 33 heavy (non-hydrogen) atoms. The number of aldehydes is 1. The van der Waals surface area contributed by atoms with Gasteiger partial charge in [0.25, 0.3) is 4.91 Å². The summed E-state index contributed by atoms with van der Waals surface area (Å²) in [5, 5.41) is 17.5. The molecule has 0 fully saturated rings. The Morgan fingerprint density at radius 1 is 1.06 bits per heavy atom. The molecule has 0 aromatic heterocycles. The maximum absolute atomic E-state index is 13.2. The molecule has 0 bridgehead atoms. The van der Waals surface area contributed by atoms with Gasteiger partial charge in [0, 0.05) is 10.6 Å². The molecule has 3 rings (SSSR count). The molecule has 0 aliphatic rings. The van der Waals surface area contributed by atoms with Crippen LogP contribution in [0.3, 0.4) is 0 Å². The Morgan fingerprint density at radius 3 is 2.39 bits per heavy atom. The number of nitrogens with zero attached hydrogens (tertiary/aromatic N) is 3. The second kappa shape index (κ2) is 10.6. The average Bonchev–Trinajstić information content (AvgIpc) is 2.82. The summed E-state index contributed by atoms with van der Waals surface area (Å²) in [4.78, 5) is 27.6. The minimum Gasteiger partial charge on any atom is -0.348 e. The van der Waals surface area contributed by atoms with E-state index in [9.17, 15) is 18.0 Å². The van der Waals surface area contributed by atoms with Gasteiger partial charge in [-0.05, 0) is 48.0 Å². The van der Waals surface area contributed by atoms with Crippen molar-refractivity contribution in [1.82, 2.24) is 9.63 Å². The molecule has 3 aromatic rings. The van der Waals surface area contributed by atoms with Gasteiger partial charge in [0.05, 0.1) is 10.6 Å². The minimum atomic E-state index is -4.11. The third kappa shape index (κ3) is 6.09. The molecule has 0 aliphatic carbocycles. The van der Waals surface area contributed by atoms with Gasteiger partial charge in [-0.1, -0.05) is 41.9 Å². The van der Waals surface area contributed by atoms with Crippen molar-refractivity contribution in [3.8, 4) is 0 Å². The summed E-state index contributed by atoms with van der Waals surface area (Å²) in [7, 11) is -4.11. The zero-order valence-electron chi connectivity index (χ0n) is 16.8. The first-order valence-corrected chi connectivity index (χ1v) is 11.2. The molecular formula is C21H17ClN5O5S+. The number of sulfonamides is 1. The van der Waals surface area contributed by atoms with Crippen LogP contribution in [0.5, 0.6) is 0 Å². The van der Waals surface area contributed by atoms with Crippen molar-refractivity contribution < 1.29 is 23.2 Å². The smallest absolute Gasteiger partial charge is 0.348 e. The van der Waals surface area contributed by atoms with Gasteiger partial charge >= 0.3 is 5.28 Å². The lowest BCUT2D eigenvalue weighted by atomic mass is 10.1. The van der Waals surface area contributed by atoms with Crippen LogP contribution in [0.2, 0.25) is 5.02 Å². The van der Waals surface area contributed by atoms with Gasteiger partial charge in [0.2, 0.25) is 15.9 Å². The van der Waals surface area contributed by atoms with E-state index in [1.54, 1.807) is 30.3 Å². The predicted molar refractivity (Wildman–Crippen MR) is 120 cm³/mol. The summed E-state index contributed by atoms with van der Waals surface area (Å²) in [6.45, 7) is 0. The van der Waals surface area contributed by atoms with E-state index in [-0.39, 0.29) is 21.8 Å². The van der Waals surface area contributed by atoms with Gasteiger partial charge in [-0.3, -0.25) is 9.59 Å². The van der Waals surface area contributed by atoms with Gasteiger partial charge in [0.1, 0.15) is 6.04 Å². The summed E-state index contributed by atoms with van der Waals surface area (Å²) >= 11 is 5.84. The summed E-state index contributed by atoms with van der Waals surface area (Å²) in [6, 6.07) is 16.5. The number of benzene rings is 3. The van der Waals surface area contributed by atoms with E-state index >= 15 is 0 Å². The number of nitrogens with one attached hydrogen (secondary N) is 2. The Hall–Kier alpha value is -3.89. The first-order valence-electron chi connectivity index (χ1n) is 9.32. The lowest BCUT2D eigenvalue weighted by Crippen LogP contribution is -2.37. The first kappa shape index (κ1) is 23.8. The SMILES string of the molecule is O=Cc1ccc(N=[N+]=NO)cc1NC(=O)[C@@H](NS(=O)(=O)c1ccc(Cl)cc1)c1ccccc1. The lowest BCUT2D eigenvalue weighted by Gasteiger charge is -2.19. The van der Waals surface area contributed by atoms with E-state index in [4.69, 9.17) is 16.8 Å². The Bertz CT molecular complexity index is 1320. The van der Waals surface area contributed by atoms with Gasteiger partial charge in [-0.2, -0.15) is 4.72 Å². The summed E-state index contributed by atoms with van der Waals surface area (Å²) in [5.41, 5.74) is 0.744. The Kier molecular flexibility index (Phi) is 7.65. The lowest BCUT2D eigenvalue weighted by molar-refractivity contribution is -0.117. The summed E-state index contributed by atoms with van der Waals surface area (Å²) in [6.07, 6.45) is 0.516. The normalized spacial score (nSPS) is 11.7. The number of halogens is 1. The number of anilines is 1. The van der Waals surface area contributed by atoms with E-state index in [1.165, 1.54) is 42.5 Å². The summed E-state index contributed by atoms with van der Waals surface area (Å²) < 4.78 is 28.2. The fraction of sp³-hybridized carbons (Fsp3) is 0.0476. The van der Waals surface area contributed by atoms with E-state index in [0.717, 1.165) is 0 Å². The molecule has 0 saturated heterocycles. The van der Waals surface area contributed by atoms with Crippen LogP contribution in [-0.2, 0) is 14.8 Å². The van der Waals surface area contributed by atoms with E-state index in [1.807, 2.05) is 0 Å². The van der Waals surface area contributed by atoms with Gasteiger partial charge < -0.3 is 10.5 Å². The van der Waals surface area contributed by atoms with Gasteiger partial charge in [-0.25, -0.2) is 8.42 Å². The number of carbonyl (C=O) groups is 2. The van der Waals surface area contributed by atoms with Crippen LogP contribution in [0.4, 0.5) is 11.4 Å². The van der Waals surface area contributed by atoms with E-state index < -0.39 is 22.0 Å². The highest BCUT2D eigenvalue weighted by atomic mass is 35.5. The molecule has 0 spiro atoms. The Morgan fingerprint density at radius 2 is 1.76 bits per heavy atom. The number of carbonyl (C=O) groups excluding carboxylic acids is 2. The molecule has 0 radical (unpaired) electrons. The highest BCUT2D eigenvalue weighted by molar-refractivity contribution is 7.89. The number of rotatable bonds is 8. The Balaban J connectivity index is 1.97. The van der Waals surface area contributed by atoms with Crippen molar-refractivity contribution >= 4 is 45.2 Å². The molecule has 10 nitrogen and oxygen atoms in total. The largest absolute Gasteiger partial charge is 0.355 e. The van der Waals surface area contributed by atoms with Crippen LogP contribution in [0.1, 0.15) is 22.0 Å². The van der Waals surface area contributed by atoms with Crippen molar-refractivity contribution in [3.05, 3.63) is 88.9 Å². The molecule has 0 aliphatic heterocycles. The van der Waals surface area contributed by atoms with E-state index in [0.29, 0.717) is 16.9 Å². The van der Waals surface area contributed by atoms with Crippen LogP contribution in [-0.4, -0.2) is 25.8 Å². The third-order valence-electron chi connectivity index (χ3n) is 4.41. The molecule has 0 heterocycles. The minimum absolute atomic E-state index is 0.0658. The third-order valence-corrected chi connectivity index (χ3v) is 6.10. The van der Waals surface area contributed by atoms with Gasteiger partial charge in [0.15, 0.2) is 17.1 Å². The van der Waals surface area contributed by atoms with Crippen LogP contribution in [0, 0.1) is 0 Å². The highest BCUT2D eigenvalue weighted by Gasteiger charge is 2.28. The van der Waals surface area contributed by atoms with Crippen molar-refractivity contribution in [2.24, 2.45) is 10.4 Å². The molecule has 3 aromatic carbocycles. The highest BCUT2D eigenvalue weighted by Crippen LogP contribution is 2.25. The molecule has 0 unspecified atom stereocenters. The molecular weight excluding hydrogens is 470 g/mol. The first-order chi connectivity index (χ1) is 15.8. The maximum atomic E-state index is 13.2. The number of hydrogen-bond acceptors (Lipinski definition) is 6. The molecule has 1 amide bonds. The second-order valence-corrected chi connectivity index (χ2v) is 8.73. The number of amides is 1. The topological polar surface area (TPSA) is 151 Å². The monoisotopic (exact) mass is 486 g/mol. The zero-order valence-corrected chi connectivity index (χ0v) is 18.4. The van der Waals surface area contributed by atoms with Gasteiger partial charge in [-0.15, -0.1) is 0 Å². The standard InChI is InChI=1S/C21H16ClN5O5S/c22-16-7-10-18(11-8-16)33(31,32)25-20(14-4-2-1-3-5-14)21(29)23-19-12-17(24-26-27-30)9-6-15(19)13-28/h1-13,20,25H,(H,23,28,29)/p+1/t20-/m0/s1. The molecule has 168 valence electrons. The van der Waals surface area contributed by atoms with Crippen molar-refractivity contribution in [2.45, 2.75) is 10.9 Å². The molecule has 3 N–H and O–H groups in total. The quantitative estimate of drug-likeness (QED) is 0.191. The average molecular weight is 487 g/mol. The van der Waals surface area contributed by atoms with E-state index in [2.05, 4.69) is 25.3 Å². The summed E-state index contributed by atoms with van der Waals surface area (Å²) in [5.74, 6) is -0.747. The maximum Gasteiger partial charge on any atom is 0.355 e. The van der Waals surface area contributed by atoms with Crippen LogP contribution < -0.4 is 15.0 Å². The van der Waals surface area contributed by atoms with Crippen LogP contribution >= 0.6 is 11.6 Å². The van der Waals surface area contributed by atoms with Crippen molar-refractivity contribution in [3.63, 3.8) is 0 Å². The van der Waals surface area contributed by atoms with Crippen LogP contribution in [0.15, 0.2) is 88.1 Å². The van der Waals surface area contributed by atoms with Crippen molar-refractivity contribution in [1.29, 1.82) is 0 Å². The fourth-order valence-corrected chi connectivity index (χ4v) is 4.16. The second-order valence-electron chi connectivity index (χ2n) is 6.58. The Labute approximate surface area is 193 Å². The molecule has 0 saturated carbocycles. The van der Waals surface area contributed by atoms with Crippen molar-refractivity contribution in [2.75, 3.05) is 5.32 Å². The number of hydrogen-bond donors (Lipinski definition) is 3. The predicted octanol–water partition coefficient (Wildman–Crippen LogP) is 3.80. The molecule has 1 atom stereocenters. The fourth-order valence-electron chi connectivity index (χ4n) is 2.85. The molecule has 12 heteroatoms. The zero-order chi connectivity index (χ0) is 23.8.